The number of hydrogen-bond acceptors (Lipinski definition) is 6. The van der Waals surface area contributed by atoms with Crippen molar-refractivity contribution in [3.05, 3.63) is 59.7 Å². The van der Waals surface area contributed by atoms with E-state index in [1.165, 1.54) is 39.8 Å². The molecule has 1 rings (SSSR count). The van der Waals surface area contributed by atoms with Gasteiger partial charge in [-0.3, -0.25) is 9.59 Å². The van der Waals surface area contributed by atoms with Crippen LogP contribution in [0.1, 0.15) is 48.4 Å². The summed E-state index contributed by atoms with van der Waals surface area (Å²) in [6, 6.07) is 5.84. The van der Waals surface area contributed by atoms with E-state index in [2.05, 4.69) is 13.2 Å². The van der Waals surface area contributed by atoms with Crippen molar-refractivity contribution in [3.8, 4) is 0 Å². The Bertz CT molecular complexity index is 709. The maximum Gasteiger partial charge on any atom is 0.339 e. The van der Waals surface area contributed by atoms with Crippen molar-refractivity contribution in [1.29, 1.82) is 0 Å². The van der Waals surface area contributed by atoms with Gasteiger partial charge in [-0.2, -0.15) is 0 Å². The molecule has 6 heteroatoms. The summed E-state index contributed by atoms with van der Waals surface area (Å²) >= 11 is 0. The number of Topliss-reactive ketones (excluding diaryl/α,β-unsaturated/α-hetero) is 2. The van der Waals surface area contributed by atoms with Crippen LogP contribution in [0.4, 0.5) is 0 Å². The Morgan fingerprint density at radius 1 is 0.769 bits per heavy atom. The van der Waals surface area contributed by atoms with Crippen molar-refractivity contribution >= 4 is 23.5 Å². The first-order valence-corrected chi connectivity index (χ1v) is 7.96. The lowest BCUT2D eigenvalue weighted by atomic mass is 10.1. The molecule has 2 atom stereocenters. The fourth-order valence-corrected chi connectivity index (χ4v) is 2.09. The first kappa shape index (κ1) is 21.0. The molecule has 2 unspecified atom stereocenters. The summed E-state index contributed by atoms with van der Waals surface area (Å²) in [6.07, 6.45) is -2.07. The van der Waals surface area contributed by atoms with Crippen LogP contribution in [0.3, 0.4) is 0 Å². The molecule has 0 bridgehead atoms. The molecule has 0 amide bonds. The van der Waals surface area contributed by atoms with Crippen molar-refractivity contribution in [1.82, 2.24) is 0 Å². The number of rotatable bonds is 8. The van der Waals surface area contributed by atoms with Crippen molar-refractivity contribution < 1.29 is 28.7 Å². The average molecular weight is 358 g/mol. The van der Waals surface area contributed by atoms with E-state index in [4.69, 9.17) is 9.47 Å². The smallest absolute Gasteiger partial charge is 0.339 e. The van der Waals surface area contributed by atoms with Gasteiger partial charge in [0.2, 0.25) is 0 Å². The molecule has 0 saturated heterocycles. The number of carbonyl (C=O) groups excluding carboxylic acids is 4. The normalized spacial score (nSPS) is 12.5. The van der Waals surface area contributed by atoms with E-state index in [1.807, 2.05) is 0 Å². The van der Waals surface area contributed by atoms with Crippen LogP contribution in [0.15, 0.2) is 48.6 Å². The Labute approximate surface area is 152 Å². The molecule has 138 valence electrons. The molecule has 26 heavy (non-hydrogen) atoms. The SMILES string of the molecule is C=C(C)C(=O)C(C)OC(=O)c1ccccc1C(=O)OC(C)C(=O)C(=C)C. The molecular formula is C20H22O6. The zero-order chi connectivity index (χ0) is 20.0. The number of carbonyl (C=O) groups is 4. The van der Waals surface area contributed by atoms with E-state index in [0.717, 1.165) is 0 Å². The van der Waals surface area contributed by atoms with Crippen LogP contribution >= 0.6 is 0 Å². The Morgan fingerprint density at radius 3 is 1.35 bits per heavy atom. The standard InChI is InChI=1S/C20H22O6/c1-11(2)17(21)13(5)25-19(23)15-9-7-8-10-16(15)20(24)26-14(6)18(22)12(3)4/h7-10,13-14H,1,3H2,2,4-6H3. The zero-order valence-electron chi connectivity index (χ0n) is 15.3. The summed E-state index contributed by atoms with van der Waals surface area (Å²) in [5.74, 6) is -2.53. The maximum absolute atomic E-state index is 12.3. The number of benzene rings is 1. The third-order valence-electron chi connectivity index (χ3n) is 3.51. The van der Waals surface area contributed by atoms with E-state index in [1.54, 1.807) is 12.1 Å². The summed E-state index contributed by atoms with van der Waals surface area (Å²) in [6.45, 7) is 12.9. The summed E-state index contributed by atoms with van der Waals surface area (Å²) < 4.78 is 10.2. The molecule has 1 aromatic carbocycles. The quantitative estimate of drug-likeness (QED) is 0.524. The van der Waals surface area contributed by atoms with E-state index in [9.17, 15) is 19.2 Å². The van der Waals surface area contributed by atoms with Gasteiger partial charge in [0.15, 0.2) is 23.8 Å². The highest BCUT2D eigenvalue weighted by molar-refractivity contribution is 6.06. The number of ether oxygens (including phenoxy) is 2. The van der Waals surface area contributed by atoms with E-state index >= 15 is 0 Å². The van der Waals surface area contributed by atoms with Crippen LogP contribution in [0, 0.1) is 0 Å². The van der Waals surface area contributed by atoms with Gasteiger partial charge in [0.25, 0.3) is 0 Å². The molecule has 0 aliphatic carbocycles. The molecule has 0 N–H and O–H groups in total. The molecule has 0 fully saturated rings. The van der Waals surface area contributed by atoms with Gasteiger partial charge in [-0.1, -0.05) is 25.3 Å². The first-order valence-electron chi connectivity index (χ1n) is 7.96. The fraction of sp³-hybridized carbons (Fsp3) is 0.300. The van der Waals surface area contributed by atoms with Crippen LogP contribution < -0.4 is 0 Å². The van der Waals surface area contributed by atoms with Crippen LogP contribution in [-0.4, -0.2) is 35.7 Å². The Morgan fingerprint density at radius 2 is 1.08 bits per heavy atom. The van der Waals surface area contributed by atoms with Crippen molar-refractivity contribution in [3.63, 3.8) is 0 Å². The second kappa shape index (κ2) is 8.89. The summed E-state index contributed by atoms with van der Waals surface area (Å²) in [5.41, 5.74) is 0.387. The predicted octanol–water partition coefficient (Wildman–Crippen LogP) is 3.07. The van der Waals surface area contributed by atoms with Gasteiger partial charge in [-0.25, -0.2) is 9.59 Å². The lowest BCUT2D eigenvalue weighted by molar-refractivity contribution is -0.123. The van der Waals surface area contributed by atoms with Gasteiger partial charge in [0.1, 0.15) is 0 Å². The van der Waals surface area contributed by atoms with Crippen LogP contribution in [0.5, 0.6) is 0 Å². The Kier molecular flexibility index (Phi) is 7.19. The predicted molar refractivity (Wildman–Crippen MR) is 95.8 cm³/mol. The fourth-order valence-electron chi connectivity index (χ4n) is 2.09. The lowest BCUT2D eigenvalue weighted by Gasteiger charge is -2.15. The molecule has 1 aromatic rings. The maximum atomic E-state index is 12.3. The summed E-state index contributed by atoms with van der Waals surface area (Å²) in [7, 11) is 0. The second-order valence-corrected chi connectivity index (χ2v) is 5.93. The third-order valence-corrected chi connectivity index (χ3v) is 3.51. The molecule has 0 aromatic heterocycles. The topological polar surface area (TPSA) is 86.7 Å². The number of ketones is 2. The molecule has 0 heterocycles. The van der Waals surface area contributed by atoms with Crippen molar-refractivity contribution in [2.24, 2.45) is 0 Å². The number of hydrogen-bond donors (Lipinski definition) is 0. The largest absolute Gasteiger partial charge is 0.451 e. The Balaban J connectivity index is 3.00. The molecule has 0 spiro atoms. The van der Waals surface area contributed by atoms with E-state index < -0.39 is 35.7 Å². The molecule has 0 saturated carbocycles. The van der Waals surface area contributed by atoms with Gasteiger partial charge in [-0.05, 0) is 51.0 Å². The molecular weight excluding hydrogens is 336 g/mol. The summed E-state index contributed by atoms with van der Waals surface area (Å²) in [4.78, 5) is 48.3. The molecule has 0 aliphatic heterocycles. The first-order chi connectivity index (χ1) is 12.1. The van der Waals surface area contributed by atoms with E-state index in [-0.39, 0.29) is 22.3 Å². The zero-order valence-corrected chi connectivity index (χ0v) is 15.3. The van der Waals surface area contributed by atoms with Crippen LogP contribution in [-0.2, 0) is 19.1 Å². The van der Waals surface area contributed by atoms with E-state index in [0.29, 0.717) is 0 Å². The van der Waals surface area contributed by atoms with Gasteiger partial charge >= 0.3 is 11.9 Å². The minimum absolute atomic E-state index is 0.0613. The molecule has 6 nitrogen and oxygen atoms in total. The van der Waals surface area contributed by atoms with Gasteiger partial charge in [0, 0.05) is 0 Å². The van der Waals surface area contributed by atoms with Crippen molar-refractivity contribution in [2.45, 2.75) is 39.9 Å². The van der Waals surface area contributed by atoms with Gasteiger partial charge < -0.3 is 9.47 Å². The highest BCUT2D eigenvalue weighted by atomic mass is 16.6. The molecule has 0 aliphatic rings. The minimum atomic E-state index is -1.03. The second-order valence-electron chi connectivity index (χ2n) is 5.93. The minimum Gasteiger partial charge on any atom is -0.451 e. The monoisotopic (exact) mass is 358 g/mol. The summed E-state index contributed by atoms with van der Waals surface area (Å²) in [5, 5.41) is 0. The molecule has 0 radical (unpaired) electrons. The average Bonchev–Trinajstić information content (AvgIpc) is 2.59. The highest BCUT2D eigenvalue weighted by Gasteiger charge is 2.26. The number of esters is 2. The Hall–Kier alpha value is -3.02. The lowest BCUT2D eigenvalue weighted by Crippen LogP contribution is -2.27. The van der Waals surface area contributed by atoms with Crippen LogP contribution in [0.2, 0.25) is 0 Å². The van der Waals surface area contributed by atoms with Gasteiger partial charge in [0.05, 0.1) is 11.1 Å². The van der Waals surface area contributed by atoms with Gasteiger partial charge in [-0.15, -0.1) is 0 Å². The third kappa shape index (κ3) is 5.24. The van der Waals surface area contributed by atoms with Crippen LogP contribution in [0.25, 0.3) is 0 Å². The van der Waals surface area contributed by atoms with Crippen molar-refractivity contribution in [2.75, 3.05) is 0 Å². The highest BCUT2D eigenvalue weighted by Crippen LogP contribution is 2.15.